The number of thiazole rings is 1. The first-order chi connectivity index (χ1) is 13.8. The lowest BCUT2D eigenvalue weighted by Crippen LogP contribution is -2.39. The van der Waals surface area contributed by atoms with Gasteiger partial charge in [0, 0.05) is 23.7 Å². The molecule has 2 heterocycles. The number of nitrogens with zero attached hydrogens (tertiary/aromatic N) is 2. The molecule has 1 atom stereocenters. The van der Waals surface area contributed by atoms with E-state index in [0.29, 0.717) is 10.8 Å². The van der Waals surface area contributed by atoms with E-state index in [2.05, 4.69) is 26.7 Å². The maximum atomic E-state index is 12.0. The number of ether oxygens (including phenoxy) is 1. The summed E-state index contributed by atoms with van der Waals surface area (Å²) in [5.41, 5.74) is 2.49. The Kier molecular flexibility index (Phi) is 5.29. The van der Waals surface area contributed by atoms with Gasteiger partial charge in [0.05, 0.1) is 4.70 Å². The molecular weight excluding hydrogens is 388 g/mol. The minimum Gasteiger partial charge on any atom is -0.444 e. The number of hydrogen-bond donors (Lipinski definition) is 2. The van der Waals surface area contributed by atoms with E-state index in [9.17, 15) is 9.59 Å². The van der Waals surface area contributed by atoms with Crippen molar-refractivity contribution in [1.29, 1.82) is 0 Å². The number of amides is 2. The largest absolute Gasteiger partial charge is 0.444 e. The molecule has 2 aliphatic carbocycles. The zero-order valence-corrected chi connectivity index (χ0v) is 17.8. The van der Waals surface area contributed by atoms with Crippen LogP contribution in [0, 0.1) is 5.92 Å². The molecule has 154 valence electrons. The third kappa shape index (κ3) is 4.93. The predicted octanol–water partition coefficient (Wildman–Crippen LogP) is 4.50. The Morgan fingerprint density at radius 3 is 2.69 bits per heavy atom. The van der Waals surface area contributed by atoms with Gasteiger partial charge in [0.1, 0.15) is 5.60 Å². The van der Waals surface area contributed by atoms with Gasteiger partial charge in [-0.15, -0.1) is 0 Å². The second-order valence-corrected chi connectivity index (χ2v) is 9.64. The number of hydrogen-bond acceptors (Lipinski definition) is 6. The van der Waals surface area contributed by atoms with Crippen LogP contribution in [-0.2, 0) is 9.53 Å². The number of nitrogens with one attached hydrogen (secondary N) is 2. The number of rotatable bonds is 4. The van der Waals surface area contributed by atoms with Crippen LogP contribution < -0.4 is 10.6 Å². The third-order valence-electron chi connectivity index (χ3n) is 4.95. The molecule has 0 radical (unpaired) electrons. The first kappa shape index (κ1) is 19.8. The van der Waals surface area contributed by atoms with E-state index in [1.165, 1.54) is 16.9 Å². The monoisotopic (exact) mass is 414 g/mol. The Labute approximate surface area is 174 Å². The average molecular weight is 415 g/mol. The molecule has 0 aromatic carbocycles. The number of aromatic nitrogens is 2. The fourth-order valence-corrected chi connectivity index (χ4v) is 4.35. The van der Waals surface area contributed by atoms with Gasteiger partial charge < -0.3 is 15.4 Å². The van der Waals surface area contributed by atoms with Crippen LogP contribution in [-0.4, -0.2) is 33.6 Å². The maximum Gasteiger partial charge on any atom is 0.407 e. The van der Waals surface area contributed by atoms with Crippen LogP contribution in [0.5, 0.6) is 0 Å². The number of pyridine rings is 1. The Hall–Kier alpha value is -2.48. The van der Waals surface area contributed by atoms with Gasteiger partial charge in [-0.3, -0.25) is 4.79 Å². The number of carbonyl (C=O) groups is 2. The summed E-state index contributed by atoms with van der Waals surface area (Å²) in [6, 6.07) is 2.07. The van der Waals surface area contributed by atoms with Crippen molar-refractivity contribution in [2.45, 2.75) is 64.5 Å². The molecule has 2 amide bonds. The average Bonchev–Trinajstić information content (AvgIpc) is 3.41. The molecule has 1 fully saturated rings. The van der Waals surface area contributed by atoms with Crippen LogP contribution in [0.4, 0.5) is 9.93 Å². The summed E-state index contributed by atoms with van der Waals surface area (Å²) in [6.45, 7) is 5.57. The Balaban J connectivity index is 1.45. The fourth-order valence-electron chi connectivity index (χ4n) is 3.38. The Morgan fingerprint density at radius 2 is 2.03 bits per heavy atom. The van der Waals surface area contributed by atoms with E-state index in [1.807, 2.05) is 26.8 Å². The molecule has 0 aliphatic heterocycles. The topological polar surface area (TPSA) is 93.2 Å². The molecular formula is C21H26N4O3S. The first-order valence-corrected chi connectivity index (χ1v) is 10.9. The van der Waals surface area contributed by atoms with E-state index in [0.717, 1.165) is 42.4 Å². The Morgan fingerprint density at radius 1 is 1.24 bits per heavy atom. The highest BCUT2D eigenvalue weighted by Crippen LogP contribution is 2.36. The summed E-state index contributed by atoms with van der Waals surface area (Å²) in [4.78, 5) is 32.9. The zero-order valence-electron chi connectivity index (χ0n) is 16.9. The molecule has 0 saturated heterocycles. The van der Waals surface area contributed by atoms with Gasteiger partial charge in [0.25, 0.3) is 0 Å². The van der Waals surface area contributed by atoms with E-state index in [1.54, 1.807) is 6.20 Å². The summed E-state index contributed by atoms with van der Waals surface area (Å²) < 4.78 is 6.33. The molecule has 2 N–H and O–H groups in total. The Bertz CT molecular complexity index is 972. The number of allylic oxidation sites excluding steroid dienone is 1. The summed E-state index contributed by atoms with van der Waals surface area (Å²) in [7, 11) is 0. The zero-order chi connectivity index (χ0) is 20.6. The second kappa shape index (κ2) is 7.74. The highest BCUT2D eigenvalue weighted by atomic mass is 32.1. The van der Waals surface area contributed by atoms with Gasteiger partial charge in [0.15, 0.2) is 10.8 Å². The van der Waals surface area contributed by atoms with Gasteiger partial charge in [-0.1, -0.05) is 17.4 Å². The van der Waals surface area contributed by atoms with Crippen LogP contribution >= 0.6 is 11.3 Å². The highest BCUT2D eigenvalue weighted by Gasteiger charge is 2.30. The molecule has 0 bridgehead atoms. The van der Waals surface area contributed by atoms with Gasteiger partial charge >= 0.3 is 6.09 Å². The summed E-state index contributed by atoms with van der Waals surface area (Å²) in [5, 5.41) is 6.48. The molecule has 0 spiro atoms. The first-order valence-electron chi connectivity index (χ1n) is 10.0. The van der Waals surface area contributed by atoms with Crippen molar-refractivity contribution in [3.63, 3.8) is 0 Å². The van der Waals surface area contributed by atoms with Crippen molar-refractivity contribution >= 4 is 44.4 Å². The molecule has 2 aliphatic rings. The number of carbonyl (C=O) groups excluding carboxylic acids is 2. The van der Waals surface area contributed by atoms with Crippen LogP contribution in [0.3, 0.4) is 0 Å². The fraction of sp³-hybridized carbons (Fsp3) is 0.524. The maximum absolute atomic E-state index is 12.0. The summed E-state index contributed by atoms with van der Waals surface area (Å²) in [6.07, 6.45) is 7.93. The van der Waals surface area contributed by atoms with Gasteiger partial charge in [0.2, 0.25) is 5.91 Å². The number of fused-ring (bicyclic) bond motifs is 1. The SMILES string of the molecule is CC(C)(C)OC(=O)NC1CC=C(c2ccnc3nc(NC(=O)C4CC4)sc23)CC1. The van der Waals surface area contributed by atoms with Crippen molar-refractivity contribution in [1.82, 2.24) is 15.3 Å². The minimum atomic E-state index is -0.499. The van der Waals surface area contributed by atoms with Gasteiger partial charge in [-0.2, -0.15) is 4.98 Å². The number of alkyl carbamates (subject to hydrolysis) is 1. The smallest absolute Gasteiger partial charge is 0.407 e. The lowest BCUT2D eigenvalue weighted by Gasteiger charge is -2.26. The molecule has 2 aromatic rings. The molecule has 2 aromatic heterocycles. The molecule has 4 rings (SSSR count). The van der Waals surface area contributed by atoms with E-state index in [4.69, 9.17) is 4.74 Å². The summed E-state index contributed by atoms with van der Waals surface area (Å²) >= 11 is 1.47. The minimum absolute atomic E-state index is 0.0542. The van der Waals surface area contributed by atoms with Crippen LogP contribution in [0.15, 0.2) is 18.3 Å². The number of anilines is 1. The quantitative estimate of drug-likeness (QED) is 0.768. The van der Waals surface area contributed by atoms with Gasteiger partial charge in [-0.05, 0) is 64.5 Å². The standard InChI is InChI=1S/C21H26N4O3S/c1-21(2,3)28-20(27)23-14-8-6-12(7-9-14)15-10-11-22-17-16(15)29-19(24-17)25-18(26)13-4-5-13/h6,10-11,13-14H,4-5,7-9H2,1-3H3,(H,23,27)(H,22,24,25,26). The third-order valence-corrected chi connectivity index (χ3v) is 5.94. The predicted molar refractivity (Wildman–Crippen MR) is 114 cm³/mol. The van der Waals surface area contributed by atoms with Crippen molar-refractivity contribution in [3.8, 4) is 0 Å². The van der Waals surface area contributed by atoms with E-state index < -0.39 is 5.60 Å². The highest BCUT2D eigenvalue weighted by molar-refractivity contribution is 7.22. The lowest BCUT2D eigenvalue weighted by molar-refractivity contribution is -0.117. The molecule has 29 heavy (non-hydrogen) atoms. The summed E-state index contributed by atoms with van der Waals surface area (Å²) in [5.74, 6) is 0.198. The van der Waals surface area contributed by atoms with Crippen LogP contribution in [0.2, 0.25) is 0 Å². The molecule has 1 unspecified atom stereocenters. The lowest BCUT2D eigenvalue weighted by atomic mass is 9.91. The van der Waals surface area contributed by atoms with Crippen molar-refractivity contribution in [2.75, 3.05) is 5.32 Å². The molecule has 1 saturated carbocycles. The van der Waals surface area contributed by atoms with Crippen LogP contribution in [0.1, 0.15) is 58.4 Å². The second-order valence-electron chi connectivity index (χ2n) is 8.64. The van der Waals surface area contributed by atoms with E-state index in [-0.39, 0.29) is 24.0 Å². The van der Waals surface area contributed by atoms with Crippen molar-refractivity contribution in [3.05, 3.63) is 23.9 Å². The van der Waals surface area contributed by atoms with Crippen molar-refractivity contribution in [2.24, 2.45) is 5.92 Å². The van der Waals surface area contributed by atoms with E-state index >= 15 is 0 Å². The normalized spacial score (nSPS) is 19.6. The van der Waals surface area contributed by atoms with Crippen molar-refractivity contribution < 1.29 is 14.3 Å². The van der Waals surface area contributed by atoms with Gasteiger partial charge in [-0.25, -0.2) is 9.78 Å². The van der Waals surface area contributed by atoms with Crippen LogP contribution in [0.25, 0.3) is 15.9 Å². The molecule has 7 nitrogen and oxygen atoms in total. The molecule has 8 heteroatoms.